The molecule has 0 fully saturated rings. The van der Waals surface area contributed by atoms with Gasteiger partial charge in [-0.25, -0.2) is 9.78 Å². The summed E-state index contributed by atoms with van der Waals surface area (Å²) in [5.41, 5.74) is 5.29. The Morgan fingerprint density at radius 2 is 1.94 bits per heavy atom. The van der Waals surface area contributed by atoms with Gasteiger partial charge in [0, 0.05) is 28.9 Å². The average Bonchev–Trinajstić information content (AvgIpc) is 3.35. The molecule has 0 aliphatic carbocycles. The lowest BCUT2D eigenvalue weighted by Gasteiger charge is -2.09. The van der Waals surface area contributed by atoms with Gasteiger partial charge in [0.05, 0.1) is 12.3 Å². The molecule has 31 heavy (non-hydrogen) atoms. The van der Waals surface area contributed by atoms with Crippen molar-refractivity contribution in [1.82, 2.24) is 9.38 Å². The number of nitrogens with one attached hydrogen (secondary N) is 1. The van der Waals surface area contributed by atoms with Crippen LogP contribution >= 0.6 is 11.3 Å². The van der Waals surface area contributed by atoms with Crippen molar-refractivity contribution in [3.8, 4) is 11.1 Å². The van der Waals surface area contributed by atoms with Crippen LogP contribution in [-0.2, 0) is 11.2 Å². The lowest BCUT2D eigenvalue weighted by molar-refractivity contribution is 0.0529. The monoisotopic (exact) mass is 433 g/mol. The van der Waals surface area contributed by atoms with Crippen LogP contribution < -0.4 is 5.32 Å². The maximum Gasteiger partial charge on any atom is 0.341 e. The van der Waals surface area contributed by atoms with E-state index < -0.39 is 5.97 Å². The van der Waals surface area contributed by atoms with E-state index in [9.17, 15) is 9.59 Å². The van der Waals surface area contributed by atoms with E-state index in [0.29, 0.717) is 21.8 Å². The number of ether oxygens (including phenoxy) is 1. The number of nitrogens with zero attached hydrogens (tertiary/aromatic N) is 2. The second-order valence-electron chi connectivity index (χ2n) is 7.14. The first-order chi connectivity index (χ1) is 15.0. The molecular formula is C24H23N3O3S. The van der Waals surface area contributed by atoms with Gasteiger partial charge in [-0.05, 0) is 43.5 Å². The first-order valence-electron chi connectivity index (χ1n) is 10.1. The largest absolute Gasteiger partial charge is 0.462 e. The van der Waals surface area contributed by atoms with Crippen LogP contribution in [0, 0.1) is 6.92 Å². The number of hydrogen-bond donors (Lipinski definition) is 1. The molecule has 0 saturated carbocycles. The predicted octanol–water partition coefficient (Wildman–Crippen LogP) is 5.36. The van der Waals surface area contributed by atoms with Crippen LogP contribution in [0.5, 0.6) is 0 Å². The number of aromatic nitrogens is 2. The Balaban J connectivity index is 1.68. The van der Waals surface area contributed by atoms with Gasteiger partial charge in [-0.3, -0.25) is 4.79 Å². The number of rotatable bonds is 6. The summed E-state index contributed by atoms with van der Waals surface area (Å²) in [5.74, 6) is -0.753. The fourth-order valence-electron chi connectivity index (χ4n) is 3.41. The van der Waals surface area contributed by atoms with Crippen molar-refractivity contribution in [3.63, 3.8) is 0 Å². The van der Waals surface area contributed by atoms with Crippen LogP contribution in [0.3, 0.4) is 0 Å². The molecule has 0 radical (unpaired) electrons. The third-order valence-corrected chi connectivity index (χ3v) is 5.91. The molecule has 0 bridgehead atoms. The summed E-state index contributed by atoms with van der Waals surface area (Å²) in [6, 6.07) is 11.5. The van der Waals surface area contributed by atoms with E-state index in [0.717, 1.165) is 23.2 Å². The molecule has 3 heterocycles. The molecule has 6 nitrogen and oxygen atoms in total. The number of benzene rings is 1. The van der Waals surface area contributed by atoms with Crippen LogP contribution in [0.2, 0.25) is 0 Å². The third kappa shape index (κ3) is 4.22. The van der Waals surface area contributed by atoms with E-state index in [2.05, 4.69) is 17.2 Å². The van der Waals surface area contributed by atoms with Gasteiger partial charge in [0.25, 0.3) is 5.91 Å². The summed E-state index contributed by atoms with van der Waals surface area (Å²) in [4.78, 5) is 30.1. The third-order valence-electron chi connectivity index (χ3n) is 5.01. The molecule has 0 saturated heterocycles. The lowest BCUT2D eigenvalue weighted by atomic mass is 10.0. The molecule has 0 aliphatic rings. The number of pyridine rings is 1. The molecule has 7 heteroatoms. The topological polar surface area (TPSA) is 72.7 Å². The summed E-state index contributed by atoms with van der Waals surface area (Å²) < 4.78 is 7.15. The molecule has 0 atom stereocenters. The number of hydrogen-bond acceptors (Lipinski definition) is 5. The van der Waals surface area contributed by atoms with E-state index in [1.54, 1.807) is 25.3 Å². The first-order valence-corrected chi connectivity index (χ1v) is 11.0. The quantitative estimate of drug-likeness (QED) is 0.415. The maximum absolute atomic E-state index is 12.9. The number of imidazole rings is 1. The molecular weight excluding hydrogens is 410 g/mol. The second-order valence-corrected chi connectivity index (χ2v) is 8.02. The van der Waals surface area contributed by atoms with Crippen molar-refractivity contribution >= 4 is 33.9 Å². The number of anilines is 1. The van der Waals surface area contributed by atoms with Crippen molar-refractivity contribution in [1.29, 1.82) is 0 Å². The molecule has 0 spiro atoms. The Bertz CT molecular complexity index is 1260. The standard InChI is InChI=1S/C24H23N3O3S/c1-4-16-6-8-17(9-7-16)19-14-31-23(21(19)24(29)30-5-2)26-22(28)18-10-11-27-13-15(3)25-20(27)12-18/h6-14H,4-5H2,1-3H3,(H,26,28). The summed E-state index contributed by atoms with van der Waals surface area (Å²) in [6.07, 6.45) is 4.63. The highest BCUT2D eigenvalue weighted by Gasteiger charge is 2.23. The van der Waals surface area contributed by atoms with Gasteiger partial charge in [-0.15, -0.1) is 11.3 Å². The summed E-state index contributed by atoms with van der Waals surface area (Å²) in [5, 5.41) is 5.24. The summed E-state index contributed by atoms with van der Waals surface area (Å²) >= 11 is 1.31. The molecule has 4 rings (SSSR count). The molecule has 0 aliphatic heterocycles. The molecule has 3 aromatic heterocycles. The van der Waals surface area contributed by atoms with Crippen LogP contribution in [0.25, 0.3) is 16.8 Å². The van der Waals surface area contributed by atoms with E-state index >= 15 is 0 Å². The molecule has 0 unspecified atom stereocenters. The van der Waals surface area contributed by atoms with Crippen LogP contribution in [0.1, 0.15) is 45.8 Å². The van der Waals surface area contributed by atoms with Gasteiger partial charge in [-0.1, -0.05) is 31.2 Å². The minimum Gasteiger partial charge on any atom is -0.462 e. The zero-order chi connectivity index (χ0) is 22.0. The van der Waals surface area contributed by atoms with E-state index in [1.807, 2.05) is 47.2 Å². The van der Waals surface area contributed by atoms with Crippen molar-refractivity contribution < 1.29 is 14.3 Å². The summed E-state index contributed by atoms with van der Waals surface area (Å²) in [6.45, 7) is 6.02. The SMILES string of the molecule is CCOC(=O)c1c(-c2ccc(CC)cc2)csc1NC(=O)c1ccn2cc(C)nc2c1. The number of fused-ring (bicyclic) bond motifs is 1. The fraction of sp³-hybridized carbons (Fsp3) is 0.208. The van der Waals surface area contributed by atoms with Gasteiger partial charge in [0.1, 0.15) is 16.2 Å². The van der Waals surface area contributed by atoms with Crippen LogP contribution in [-0.4, -0.2) is 27.9 Å². The van der Waals surface area contributed by atoms with Crippen molar-refractivity contribution in [2.24, 2.45) is 0 Å². The lowest BCUT2D eigenvalue weighted by Crippen LogP contribution is -2.15. The maximum atomic E-state index is 12.9. The predicted molar refractivity (Wildman–Crippen MR) is 123 cm³/mol. The van der Waals surface area contributed by atoms with Crippen molar-refractivity contribution in [3.05, 3.63) is 76.6 Å². The Hall–Kier alpha value is -3.45. The first kappa shape index (κ1) is 20.8. The Labute approximate surface area is 184 Å². The molecule has 4 aromatic rings. The number of thiophene rings is 1. The Morgan fingerprint density at radius 1 is 1.16 bits per heavy atom. The zero-order valence-electron chi connectivity index (χ0n) is 17.6. The van der Waals surface area contributed by atoms with E-state index in [1.165, 1.54) is 16.9 Å². The number of aryl methyl sites for hydroxylation is 2. The van der Waals surface area contributed by atoms with E-state index in [-0.39, 0.29) is 12.5 Å². The van der Waals surface area contributed by atoms with Gasteiger partial charge < -0.3 is 14.5 Å². The Kier molecular flexibility index (Phi) is 5.86. The van der Waals surface area contributed by atoms with Gasteiger partial charge >= 0.3 is 5.97 Å². The molecule has 1 N–H and O–H groups in total. The van der Waals surface area contributed by atoms with Crippen molar-refractivity contribution in [2.75, 3.05) is 11.9 Å². The molecule has 1 aromatic carbocycles. The Morgan fingerprint density at radius 3 is 2.65 bits per heavy atom. The highest BCUT2D eigenvalue weighted by Crippen LogP contribution is 2.36. The van der Waals surface area contributed by atoms with E-state index in [4.69, 9.17) is 4.74 Å². The summed E-state index contributed by atoms with van der Waals surface area (Å²) in [7, 11) is 0. The van der Waals surface area contributed by atoms with Crippen LogP contribution in [0.4, 0.5) is 5.00 Å². The number of amides is 1. The zero-order valence-corrected chi connectivity index (χ0v) is 18.5. The highest BCUT2D eigenvalue weighted by molar-refractivity contribution is 7.15. The average molecular weight is 434 g/mol. The van der Waals surface area contributed by atoms with Crippen LogP contribution in [0.15, 0.2) is 54.2 Å². The van der Waals surface area contributed by atoms with Gasteiger partial charge in [-0.2, -0.15) is 0 Å². The number of esters is 1. The van der Waals surface area contributed by atoms with Gasteiger partial charge in [0.15, 0.2) is 0 Å². The van der Waals surface area contributed by atoms with Crippen molar-refractivity contribution in [2.45, 2.75) is 27.2 Å². The number of carbonyl (C=O) groups is 2. The molecule has 1 amide bonds. The minimum absolute atomic E-state index is 0.256. The van der Waals surface area contributed by atoms with Gasteiger partial charge in [0.2, 0.25) is 0 Å². The normalized spacial score (nSPS) is 10.9. The molecule has 158 valence electrons. The number of carbonyl (C=O) groups excluding carboxylic acids is 2. The smallest absolute Gasteiger partial charge is 0.341 e. The minimum atomic E-state index is -0.451. The second kappa shape index (κ2) is 8.73. The fourth-order valence-corrected chi connectivity index (χ4v) is 4.37. The highest BCUT2D eigenvalue weighted by atomic mass is 32.1.